The fourth-order valence-corrected chi connectivity index (χ4v) is 4.37. The van der Waals surface area contributed by atoms with Gasteiger partial charge in [0.25, 0.3) is 0 Å². The van der Waals surface area contributed by atoms with Crippen LogP contribution in [0.25, 0.3) is 0 Å². The average molecular weight is 314 g/mol. The summed E-state index contributed by atoms with van der Waals surface area (Å²) >= 11 is 1.31. The van der Waals surface area contributed by atoms with Crippen molar-refractivity contribution < 1.29 is 24.5 Å². The van der Waals surface area contributed by atoms with Gasteiger partial charge in [-0.05, 0) is 18.8 Å². The van der Waals surface area contributed by atoms with Gasteiger partial charge in [-0.25, -0.2) is 0 Å². The van der Waals surface area contributed by atoms with Crippen molar-refractivity contribution in [2.24, 2.45) is 11.8 Å². The quantitative estimate of drug-likeness (QED) is 0.762. The Morgan fingerprint density at radius 1 is 1.24 bits per heavy atom. The van der Waals surface area contributed by atoms with Crippen LogP contribution in [0, 0.1) is 11.8 Å². The SMILES string of the molecule is CC(C)C1CC(=O)C2=C(C1)OC1OC(C)C(O)C(O)C1S2. The zero-order valence-corrected chi connectivity index (χ0v) is 13.3. The number of ether oxygens (including phenoxy) is 2. The maximum Gasteiger partial charge on any atom is 0.214 e. The van der Waals surface area contributed by atoms with Crippen molar-refractivity contribution in [2.45, 2.75) is 63.5 Å². The molecule has 0 aromatic rings. The number of aliphatic hydroxyl groups is 2. The molecule has 2 aliphatic heterocycles. The Bertz CT molecular complexity index is 475. The second-order valence-corrected chi connectivity index (χ2v) is 7.67. The predicted octanol–water partition coefficient (Wildman–Crippen LogP) is 1.43. The van der Waals surface area contributed by atoms with Crippen molar-refractivity contribution in [2.75, 3.05) is 0 Å². The van der Waals surface area contributed by atoms with Crippen molar-refractivity contribution >= 4 is 17.5 Å². The lowest BCUT2D eigenvalue weighted by atomic mass is 9.83. The lowest BCUT2D eigenvalue weighted by Gasteiger charge is -2.45. The first-order valence-corrected chi connectivity index (χ1v) is 8.37. The summed E-state index contributed by atoms with van der Waals surface area (Å²) in [4.78, 5) is 12.9. The Hall–Kier alpha value is -0.560. The summed E-state index contributed by atoms with van der Waals surface area (Å²) in [6.07, 6.45) is -1.71. The molecule has 118 valence electrons. The van der Waals surface area contributed by atoms with Crippen molar-refractivity contribution in [3.8, 4) is 0 Å². The largest absolute Gasteiger partial charge is 0.467 e. The molecule has 0 spiro atoms. The monoisotopic (exact) mass is 314 g/mol. The Morgan fingerprint density at radius 3 is 2.62 bits per heavy atom. The number of ketones is 1. The first-order chi connectivity index (χ1) is 9.88. The van der Waals surface area contributed by atoms with Crippen LogP contribution in [0.5, 0.6) is 0 Å². The van der Waals surface area contributed by atoms with Crippen LogP contribution in [-0.4, -0.2) is 45.8 Å². The summed E-state index contributed by atoms with van der Waals surface area (Å²) in [6.45, 7) is 5.94. The van der Waals surface area contributed by atoms with Gasteiger partial charge in [0.2, 0.25) is 6.29 Å². The van der Waals surface area contributed by atoms with Gasteiger partial charge in [0.1, 0.15) is 23.2 Å². The molecule has 0 saturated carbocycles. The van der Waals surface area contributed by atoms with Crippen molar-refractivity contribution in [1.82, 2.24) is 0 Å². The average Bonchev–Trinajstić information content (AvgIpc) is 2.43. The molecule has 0 aromatic carbocycles. The van der Waals surface area contributed by atoms with Gasteiger partial charge in [0, 0.05) is 12.8 Å². The molecular formula is C15H22O5S. The molecule has 6 unspecified atom stereocenters. The Labute approximate surface area is 128 Å². The van der Waals surface area contributed by atoms with E-state index in [1.54, 1.807) is 6.92 Å². The van der Waals surface area contributed by atoms with Crippen LogP contribution >= 0.6 is 11.8 Å². The molecular weight excluding hydrogens is 292 g/mol. The summed E-state index contributed by atoms with van der Waals surface area (Å²) < 4.78 is 11.5. The molecule has 3 rings (SSSR count). The molecule has 2 heterocycles. The van der Waals surface area contributed by atoms with Gasteiger partial charge < -0.3 is 19.7 Å². The zero-order valence-electron chi connectivity index (χ0n) is 12.5. The van der Waals surface area contributed by atoms with Gasteiger partial charge in [-0.15, -0.1) is 11.8 Å². The predicted molar refractivity (Wildman–Crippen MR) is 78.4 cm³/mol. The number of hydrogen-bond acceptors (Lipinski definition) is 6. The molecule has 0 aromatic heterocycles. The molecule has 1 aliphatic carbocycles. The second kappa shape index (κ2) is 5.57. The lowest BCUT2D eigenvalue weighted by molar-refractivity contribution is -0.231. The van der Waals surface area contributed by atoms with E-state index in [-0.39, 0.29) is 5.78 Å². The van der Waals surface area contributed by atoms with Crippen molar-refractivity contribution in [3.63, 3.8) is 0 Å². The first kappa shape index (κ1) is 15.3. The van der Waals surface area contributed by atoms with Crippen LogP contribution in [0.4, 0.5) is 0 Å². The topological polar surface area (TPSA) is 76.0 Å². The van der Waals surface area contributed by atoms with Gasteiger partial charge in [0.15, 0.2) is 5.78 Å². The van der Waals surface area contributed by atoms with Gasteiger partial charge in [-0.2, -0.15) is 0 Å². The smallest absolute Gasteiger partial charge is 0.214 e. The molecule has 2 N–H and O–H groups in total. The number of carbonyl (C=O) groups excluding carboxylic acids is 1. The molecule has 0 radical (unpaired) electrons. The van der Waals surface area contributed by atoms with Gasteiger partial charge >= 0.3 is 0 Å². The fraction of sp³-hybridized carbons (Fsp3) is 0.800. The van der Waals surface area contributed by atoms with Gasteiger partial charge in [-0.3, -0.25) is 4.79 Å². The molecule has 1 saturated heterocycles. The van der Waals surface area contributed by atoms with Gasteiger partial charge in [0.05, 0.1) is 11.0 Å². The van der Waals surface area contributed by atoms with E-state index < -0.39 is 29.9 Å². The number of allylic oxidation sites excluding steroid dienone is 2. The molecule has 0 bridgehead atoms. The Kier molecular flexibility index (Phi) is 4.07. The molecule has 21 heavy (non-hydrogen) atoms. The highest BCUT2D eigenvalue weighted by atomic mass is 32.2. The molecule has 3 aliphatic rings. The van der Waals surface area contributed by atoms with Crippen LogP contribution in [0.15, 0.2) is 10.7 Å². The normalized spacial score (nSPS) is 43.4. The summed E-state index contributed by atoms with van der Waals surface area (Å²) in [5.74, 6) is 1.50. The van der Waals surface area contributed by atoms with E-state index in [9.17, 15) is 15.0 Å². The van der Waals surface area contributed by atoms with E-state index in [2.05, 4.69) is 13.8 Å². The minimum atomic E-state index is -0.952. The summed E-state index contributed by atoms with van der Waals surface area (Å²) in [5.41, 5.74) is 0. The van der Waals surface area contributed by atoms with Crippen molar-refractivity contribution in [1.29, 1.82) is 0 Å². The van der Waals surface area contributed by atoms with Crippen LogP contribution in [0.3, 0.4) is 0 Å². The van der Waals surface area contributed by atoms with Crippen LogP contribution in [0.2, 0.25) is 0 Å². The summed E-state index contributed by atoms with van der Waals surface area (Å²) in [5, 5.41) is 19.7. The highest BCUT2D eigenvalue weighted by Gasteiger charge is 2.49. The fourth-order valence-electron chi connectivity index (χ4n) is 3.09. The summed E-state index contributed by atoms with van der Waals surface area (Å²) in [6, 6.07) is 0. The van der Waals surface area contributed by atoms with E-state index in [0.29, 0.717) is 28.9 Å². The second-order valence-electron chi connectivity index (χ2n) is 6.48. The third kappa shape index (κ3) is 2.63. The number of aliphatic hydroxyl groups excluding tert-OH is 2. The van der Waals surface area contributed by atoms with E-state index in [4.69, 9.17) is 9.47 Å². The number of thioether (sulfide) groups is 1. The minimum absolute atomic E-state index is 0.0821. The zero-order chi connectivity index (χ0) is 15.3. The van der Waals surface area contributed by atoms with Gasteiger partial charge in [-0.1, -0.05) is 13.8 Å². The van der Waals surface area contributed by atoms with E-state index in [0.717, 1.165) is 6.42 Å². The number of fused-ring (bicyclic) bond motifs is 1. The maximum atomic E-state index is 12.3. The van der Waals surface area contributed by atoms with E-state index >= 15 is 0 Å². The third-order valence-corrected chi connectivity index (χ3v) is 6.11. The van der Waals surface area contributed by atoms with Crippen LogP contribution < -0.4 is 0 Å². The number of carbonyl (C=O) groups is 1. The standard InChI is InChI=1S/C15H22O5S/c1-6(2)8-4-9(16)13-10(5-8)20-15-14(21-13)12(18)11(17)7(3)19-15/h6-8,11-12,14-15,17-18H,4-5H2,1-3H3. The molecule has 5 nitrogen and oxygen atoms in total. The molecule has 1 fully saturated rings. The summed E-state index contributed by atoms with van der Waals surface area (Å²) in [7, 11) is 0. The number of rotatable bonds is 1. The lowest BCUT2D eigenvalue weighted by Crippen LogP contribution is -2.57. The maximum absolute atomic E-state index is 12.3. The first-order valence-electron chi connectivity index (χ1n) is 7.49. The highest BCUT2D eigenvalue weighted by Crippen LogP contribution is 2.46. The minimum Gasteiger partial charge on any atom is -0.467 e. The number of Topliss-reactive ketones (excluding diaryl/α,β-unsaturated/α-hetero) is 1. The van der Waals surface area contributed by atoms with Crippen LogP contribution in [-0.2, 0) is 14.3 Å². The molecule has 6 heteroatoms. The molecule has 6 atom stereocenters. The number of hydrogen-bond donors (Lipinski definition) is 2. The van der Waals surface area contributed by atoms with E-state index in [1.165, 1.54) is 11.8 Å². The Morgan fingerprint density at radius 2 is 1.95 bits per heavy atom. The third-order valence-electron chi connectivity index (χ3n) is 4.64. The van der Waals surface area contributed by atoms with Crippen molar-refractivity contribution in [3.05, 3.63) is 10.7 Å². The Balaban J connectivity index is 1.85. The van der Waals surface area contributed by atoms with Crippen LogP contribution in [0.1, 0.15) is 33.6 Å². The highest BCUT2D eigenvalue weighted by molar-refractivity contribution is 8.04. The van der Waals surface area contributed by atoms with E-state index in [1.807, 2.05) is 0 Å². The molecule has 0 amide bonds.